The fourth-order valence-electron chi connectivity index (χ4n) is 1.68. The molecule has 2 rings (SSSR count). The molecule has 0 aliphatic heterocycles. The maximum atomic E-state index is 4.59. The Kier molecular flexibility index (Phi) is 4.93. The standard InChI is InChI=1S/C15H19N3S/c1-11(2)17-10-13-8-9-16-15(18-13)12-4-6-14(19-3)7-5-12/h4-9,11,17H,10H2,1-3H3. The number of rotatable bonds is 5. The predicted octanol–water partition coefficient (Wildman–Crippen LogP) is 3.36. The minimum absolute atomic E-state index is 0.458. The summed E-state index contributed by atoms with van der Waals surface area (Å²) in [5.74, 6) is 0.788. The molecule has 0 aliphatic carbocycles. The van der Waals surface area contributed by atoms with Gasteiger partial charge >= 0.3 is 0 Å². The molecule has 1 aromatic heterocycles. The van der Waals surface area contributed by atoms with E-state index in [9.17, 15) is 0 Å². The number of benzene rings is 1. The van der Waals surface area contributed by atoms with Crippen LogP contribution in [0.2, 0.25) is 0 Å². The molecule has 2 aromatic rings. The van der Waals surface area contributed by atoms with Crippen molar-refractivity contribution in [2.45, 2.75) is 31.3 Å². The molecule has 4 heteroatoms. The summed E-state index contributed by atoms with van der Waals surface area (Å²) in [5, 5.41) is 3.37. The van der Waals surface area contributed by atoms with Gasteiger partial charge in [-0.15, -0.1) is 11.8 Å². The van der Waals surface area contributed by atoms with E-state index in [1.165, 1.54) is 4.90 Å². The Morgan fingerprint density at radius 1 is 1.16 bits per heavy atom. The van der Waals surface area contributed by atoms with Crippen molar-refractivity contribution in [2.75, 3.05) is 6.26 Å². The number of nitrogens with one attached hydrogen (secondary N) is 1. The lowest BCUT2D eigenvalue weighted by Crippen LogP contribution is -2.22. The van der Waals surface area contributed by atoms with Gasteiger partial charge in [-0.3, -0.25) is 0 Å². The van der Waals surface area contributed by atoms with E-state index in [1.54, 1.807) is 11.8 Å². The smallest absolute Gasteiger partial charge is 0.159 e. The van der Waals surface area contributed by atoms with Crippen LogP contribution in [0.1, 0.15) is 19.5 Å². The van der Waals surface area contributed by atoms with Crippen molar-refractivity contribution in [2.24, 2.45) is 0 Å². The molecular formula is C15H19N3S. The second-order valence-corrected chi connectivity index (χ2v) is 5.52. The van der Waals surface area contributed by atoms with Crippen LogP contribution in [0.5, 0.6) is 0 Å². The SMILES string of the molecule is CSc1ccc(-c2nccc(CNC(C)C)n2)cc1. The second kappa shape index (κ2) is 6.68. The van der Waals surface area contributed by atoms with Crippen LogP contribution in [-0.2, 0) is 6.54 Å². The molecule has 0 saturated heterocycles. The fourth-order valence-corrected chi connectivity index (χ4v) is 2.09. The van der Waals surface area contributed by atoms with Crippen LogP contribution >= 0.6 is 11.8 Å². The Labute approximate surface area is 118 Å². The zero-order chi connectivity index (χ0) is 13.7. The highest BCUT2D eigenvalue weighted by Gasteiger charge is 2.03. The average molecular weight is 273 g/mol. The van der Waals surface area contributed by atoms with Crippen LogP contribution < -0.4 is 5.32 Å². The Bertz CT molecular complexity index is 523. The number of thioether (sulfide) groups is 1. The van der Waals surface area contributed by atoms with Gasteiger partial charge < -0.3 is 5.32 Å². The van der Waals surface area contributed by atoms with Crippen molar-refractivity contribution < 1.29 is 0 Å². The Morgan fingerprint density at radius 2 is 1.89 bits per heavy atom. The van der Waals surface area contributed by atoms with Crippen molar-refractivity contribution in [3.63, 3.8) is 0 Å². The maximum absolute atomic E-state index is 4.59. The zero-order valence-electron chi connectivity index (χ0n) is 11.6. The van der Waals surface area contributed by atoms with Crippen LogP contribution in [0.4, 0.5) is 0 Å². The molecule has 1 aromatic carbocycles. The first-order chi connectivity index (χ1) is 9.19. The van der Waals surface area contributed by atoms with E-state index < -0.39 is 0 Å². The molecule has 0 bridgehead atoms. The summed E-state index contributed by atoms with van der Waals surface area (Å²) in [4.78, 5) is 10.2. The Hall–Kier alpha value is -1.39. The van der Waals surface area contributed by atoms with E-state index >= 15 is 0 Å². The molecule has 1 heterocycles. The van der Waals surface area contributed by atoms with Gasteiger partial charge in [-0.05, 0) is 24.5 Å². The number of hydrogen-bond donors (Lipinski definition) is 1. The van der Waals surface area contributed by atoms with Crippen LogP contribution in [0, 0.1) is 0 Å². The molecule has 19 heavy (non-hydrogen) atoms. The maximum Gasteiger partial charge on any atom is 0.159 e. The molecule has 0 unspecified atom stereocenters. The first-order valence-corrected chi connectivity index (χ1v) is 7.61. The van der Waals surface area contributed by atoms with Crippen molar-refractivity contribution in [1.82, 2.24) is 15.3 Å². The highest BCUT2D eigenvalue weighted by atomic mass is 32.2. The van der Waals surface area contributed by atoms with E-state index in [-0.39, 0.29) is 0 Å². The Morgan fingerprint density at radius 3 is 2.53 bits per heavy atom. The van der Waals surface area contributed by atoms with Crippen LogP contribution in [0.3, 0.4) is 0 Å². The quantitative estimate of drug-likeness (QED) is 0.848. The molecule has 1 N–H and O–H groups in total. The summed E-state index contributed by atoms with van der Waals surface area (Å²) in [5.41, 5.74) is 2.08. The summed E-state index contributed by atoms with van der Waals surface area (Å²) in [6.07, 6.45) is 3.89. The number of hydrogen-bond acceptors (Lipinski definition) is 4. The molecule has 0 saturated carbocycles. The van der Waals surface area contributed by atoms with Gasteiger partial charge in [-0.25, -0.2) is 9.97 Å². The molecule has 0 amide bonds. The minimum Gasteiger partial charge on any atom is -0.309 e. The van der Waals surface area contributed by atoms with Crippen LogP contribution in [0.25, 0.3) is 11.4 Å². The van der Waals surface area contributed by atoms with Gasteiger partial charge in [0.1, 0.15) is 0 Å². The summed E-state index contributed by atoms with van der Waals surface area (Å²) in [6.45, 7) is 5.03. The van der Waals surface area contributed by atoms with Crippen molar-refractivity contribution in [1.29, 1.82) is 0 Å². The summed E-state index contributed by atoms with van der Waals surface area (Å²) >= 11 is 1.74. The lowest BCUT2D eigenvalue weighted by atomic mass is 10.2. The molecule has 3 nitrogen and oxygen atoms in total. The van der Waals surface area contributed by atoms with E-state index in [4.69, 9.17) is 0 Å². The monoisotopic (exact) mass is 273 g/mol. The lowest BCUT2D eigenvalue weighted by Gasteiger charge is -2.08. The van der Waals surface area contributed by atoms with Gasteiger partial charge in [0.25, 0.3) is 0 Å². The minimum atomic E-state index is 0.458. The predicted molar refractivity (Wildman–Crippen MR) is 81.2 cm³/mol. The van der Waals surface area contributed by atoms with Crippen molar-refractivity contribution in [3.8, 4) is 11.4 Å². The Balaban J connectivity index is 2.17. The van der Waals surface area contributed by atoms with Crippen LogP contribution in [0.15, 0.2) is 41.4 Å². The van der Waals surface area contributed by atoms with Gasteiger partial charge in [0.05, 0.1) is 5.69 Å². The number of nitrogens with zero attached hydrogens (tertiary/aromatic N) is 2. The molecule has 0 aliphatic rings. The third-order valence-electron chi connectivity index (χ3n) is 2.75. The highest BCUT2D eigenvalue weighted by molar-refractivity contribution is 7.98. The van der Waals surface area contributed by atoms with Gasteiger partial charge in [0, 0.05) is 29.2 Å². The van der Waals surface area contributed by atoms with Gasteiger partial charge in [0.2, 0.25) is 0 Å². The van der Waals surface area contributed by atoms with E-state index in [0.29, 0.717) is 6.04 Å². The van der Waals surface area contributed by atoms with Crippen molar-refractivity contribution >= 4 is 11.8 Å². The molecule has 0 spiro atoms. The van der Waals surface area contributed by atoms with Crippen LogP contribution in [-0.4, -0.2) is 22.3 Å². The second-order valence-electron chi connectivity index (χ2n) is 4.64. The molecule has 0 radical (unpaired) electrons. The summed E-state index contributed by atoms with van der Waals surface area (Å²) in [6, 6.07) is 10.8. The molecular weight excluding hydrogens is 254 g/mol. The van der Waals surface area contributed by atoms with Gasteiger partial charge in [-0.1, -0.05) is 26.0 Å². The molecule has 0 atom stereocenters. The number of aromatic nitrogens is 2. The van der Waals surface area contributed by atoms with Gasteiger partial charge in [-0.2, -0.15) is 0 Å². The first-order valence-electron chi connectivity index (χ1n) is 6.39. The average Bonchev–Trinajstić information content (AvgIpc) is 2.45. The topological polar surface area (TPSA) is 37.8 Å². The first kappa shape index (κ1) is 14.0. The summed E-state index contributed by atoms with van der Waals surface area (Å²) < 4.78 is 0. The van der Waals surface area contributed by atoms with Crippen molar-refractivity contribution in [3.05, 3.63) is 42.2 Å². The lowest BCUT2D eigenvalue weighted by molar-refractivity contribution is 0.581. The molecule has 100 valence electrons. The molecule has 0 fully saturated rings. The van der Waals surface area contributed by atoms with E-state index in [1.807, 2.05) is 12.3 Å². The fraction of sp³-hybridized carbons (Fsp3) is 0.333. The largest absolute Gasteiger partial charge is 0.309 e. The normalized spacial score (nSPS) is 10.9. The zero-order valence-corrected chi connectivity index (χ0v) is 12.4. The highest BCUT2D eigenvalue weighted by Crippen LogP contribution is 2.20. The van der Waals surface area contributed by atoms with Gasteiger partial charge in [0.15, 0.2) is 5.82 Å². The van der Waals surface area contributed by atoms with E-state index in [0.717, 1.165) is 23.6 Å². The third-order valence-corrected chi connectivity index (χ3v) is 3.50. The van der Waals surface area contributed by atoms with E-state index in [2.05, 4.69) is 59.7 Å². The summed E-state index contributed by atoms with van der Waals surface area (Å²) in [7, 11) is 0. The third kappa shape index (κ3) is 4.04.